The lowest BCUT2D eigenvalue weighted by Gasteiger charge is -2.11. The van der Waals surface area contributed by atoms with Crippen molar-refractivity contribution >= 4 is 5.96 Å². The first-order valence-electron chi connectivity index (χ1n) is 7.35. The maximum Gasteiger partial charge on any atom is 0.191 e. The second kappa shape index (κ2) is 7.29. The predicted molar refractivity (Wildman–Crippen MR) is 83.3 cm³/mol. The van der Waals surface area contributed by atoms with Crippen molar-refractivity contribution in [1.29, 1.82) is 0 Å². The minimum Gasteiger partial charge on any atom is -0.383 e. The van der Waals surface area contributed by atoms with Crippen LogP contribution in [-0.4, -0.2) is 38.8 Å². The molecular formula is C16H25N3O. The van der Waals surface area contributed by atoms with Crippen LogP contribution in [0.5, 0.6) is 0 Å². The Bertz CT molecular complexity index is 459. The van der Waals surface area contributed by atoms with E-state index in [1.165, 1.54) is 17.5 Å². The lowest BCUT2D eigenvalue weighted by molar-refractivity contribution is 0.208. The van der Waals surface area contributed by atoms with Gasteiger partial charge in [-0.05, 0) is 31.4 Å². The number of ether oxygens (including phenoxy) is 1. The summed E-state index contributed by atoms with van der Waals surface area (Å²) >= 11 is 0. The first-order chi connectivity index (χ1) is 9.76. The Morgan fingerprint density at radius 3 is 2.90 bits per heavy atom. The summed E-state index contributed by atoms with van der Waals surface area (Å²) in [6.45, 7) is 6.48. The van der Waals surface area contributed by atoms with Crippen LogP contribution < -0.4 is 10.6 Å². The van der Waals surface area contributed by atoms with Crippen LogP contribution in [0.25, 0.3) is 0 Å². The Hall–Kier alpha value is -1.55. The Labute approximate surface area is 121 Å². The van der Waals surface area contributed by atoms with E-state index >= 15 is 0 Å². The van der Waals surface area contributed by atoms with Crippen LogP contribution in [0.2, 0.25) is 0 Å². The quantitative estimate of drug-likeness (QED) is 0.474. The first kappa shape index (κ1) is 14.9. The van der Waals surface area contributed by atoms with Gasteiger partial charge in [0.15, 0.2) is 5.96 Å². The smallest absolute Gasteiger partial charge is 0.191 e. The summed E-state index contributed by atoms with van der Waals surface area (Å²) in [4.78, 5) is 4.50. The zero-order chi connectivity index (χ0) is 14.4. The van der Waals surface area contributed by atoms with Crippen LogP contribution in [0.4, 0.5) is 0 Å². The third-order valence-corrected chi connectivity index (χ3v) is 3.61. The zero-order valence-corrected chi connectivity index (χ0v) is 12.6. The van der Waals surface area contributed by atoms with Crippen LogP contribution in [-0.2, 0) is 4.74 Å². The molecule has 1 saturated carbocycles. The number of hydrogen-bond donors (Lipinski definition) is 2. The molecule has 0 aliphatic heterocycles. The highest BCUT2D eigenvalue weighted by atomic mass is 16.5. The maximum absolute atomic E-state index is 5.03. The van der Waals surface area contributed by atoms with Gasteiger partial charge in [0.05, 0.1) is 13.2 Å². The number of hydrogen-bond acceptors (Lipinski definition) is 2. The highest BCUT2D eigenvalue weighted by Crippen LogP contribution is 2.41. The largest absolute Gasteiger partial charge is 0.383 e. The van der Waals surface area contributed by atoms with Crippen LogP contribution in [0.15, 0.2) is 29.3 Å². The van der Waals surface area contributed by atoms with Crippen molar-refractivity contribution in [2.75, 3.05) is 26.8 Å². The Balaban J connectivity index is 1.90. The molecule has 0 saturated heterocycles. The van der Waals surface area contributed by atoms with E-state index in [1.54, 1.807) is 7.11 Å². The molecule has 2 unspecified atom stereocenters. The molecule has 2 atom stereocenters. The summed E-state index contributed by atoms with van der Waals surface area (Å²) in [7, 11) is 1.70. The van der Waals surface area contributed by atoms with Crippen LogP contribution in [0.1, 0.15) is 30.4 Å². The topological polar surface area (TPSA) is 45.7 Å². The van der Waals surface area contributed by atoms with Crippen molar-refractivity contribution < 1.29 is 4.74 Å². The van der Waals surface area contributed by atoms with Crippen LogP contribution >= 0.6 is 0 Å². The number of aliphatic imine (C=N–C) groups is 1. The molecule has 1 aliphatic rings. The van der Waals surface area contributed by atoms with Gasteiger partial charge in [-0.2, -0.15) is 0 Å². The average Bonchev–Trinajstić information content (AvgIpc) is 3.19. The number of aryl methyl sites for hydroxylation is 1. The van der Waals surface area contributed by atoms with E-state index in [2.05, 4.69) is 53.7 Å². The van der Waals surface area contributed by atoms with E-state index in [1.807, 2.05) is 0 Å². The van der Waals surface area contributed by atoms with Gasteiger partial charge in [0, 0.05) is 25.6 Å². The molecule has 0 bridgehead atoms. The summed E-state index contributed by atoms with van der Waals surface area (Å²) in [5, 5.41) is 6.79. The van der Waals surface area contributed by atoms with E-state index in [9.17, 15) is 0 Å². The summed E-state index contributed by atoms with van der Waals surface area (Å²) in [6.07, 6.45) is 1.18. The fraction of sp³-hybridized carbons (Fsp3) is 0.562. The molecule has 0 radical (unpaired) electrons. The minimum absolute atomic E-state index is 0.497. The van der Waals surface area contributed by atoms with Gasteiger partial charge >= 0.3 is 0 Å². The van der Waals surface area contributed by atoms with Gasteiger partial charge in [0.25, 0.3) is 0 Å². The highest BCUT2D eigenvalue weighted by Gasteiger charge is 2.39. The molecule has 1 aromatic rings. The number of methoxy groups -OCH3 is 1. The van der Waals surface area contributed by atoms with Gasteiger partial charge in [-0.15, -0.1) is 0 Å². The molecule has 0 aromatic heterocycles. The number of rotatable bonds is 6. The molecule has 1 fully saturated rings. The molecule has 0 heterocycles. The van der Waals surface area contributed by atoms with Crippen LogP contribution in [0.3, 0.4) is 0 Å². The number of guanidine groups is 1. The molecule has 2 rings (SSSR count). The van der Waals surface area contributed by atoms with Crippen molar-refractivity contribution in [2.45, 2.75) is 32.2 Å². The number of benzene rings is 1. The molecule has 2 N–H and O–H groups in total. The highest BCUT2D eigenvalue weighted by molar-refractivity contribution is 5.80. The van der Waals surface area contributed by atoms with Crippen molar-refractivity contribution in [1.82, 2.24) is 10.6 Å². The van der Waals surface area contributed by atoms with Gasteiger partial charge in [0.2, 0.25) is 0 Å². The zero-order valence-electron chi connectivity index (χ0n) is 12.6. The van der Waals surface area contributed by atoms with Gasteiger partial charge in [0.1, 0.15) is 0 Å². The van der Waals surface area contributed by atoms with Crippen LogP contribution in [0, 0.1) is 6.92 Å². The second-order valence-electron chi connectivity index (χ2n) is 5.20. The van der Waals surface area contributed by atoms with Gasteiger partial charge in [-0.3, -0.25) is 4.99 Å². The molecule has 0 spiro atoms. The predicted octanol–water partition coefficient (Wildman–Crippen LogP) is 2.05. The molecule has 1 aliphatic carbocycles. The second-order valence-corrected chi connectivity index (χ2v) is 5.20. The monoisotopic (exact) mass is 275 g/mol. The summed E-state index contributed by atoms with van der Waals surface area (Å²) in [5.41, 5.74) is 2.83. The lowest BCUT2D eigenvalue weighted by Crippen LogP contribution is -2.39. The third-order valence-electron chi connectivity index (χ3n) is 3.61. The van der Waals surface area contributed by atoms with E-state index in [-0.39, 0.29) is 0 Å². The summed E-state index contributed by atoms with van der Waals surface area (Å²) in [5.74, 6) is 1.51. The van der Waals surface area contributed by atoms with E-state index in [4.69, 9.17) is 4.74 Å². The number of nitrogens with zero attached hydrogens (tertiary/aromatic N) is 1. The third kappa shape index (κ3) is 3.97. The summed E-state index contributed by atoms with van der Waals surface area (Å²) < 4.78 is 5.03. The van der Waals surface area contributed by atoms with Crippen molar-refractivity contribution in [3.8, 4) is 0 Å². The summed E-state index contributed by atoms with van der Waals surface area (Å²) in [6, 6.07) is 9.13. The van der Waals surface area contributed by atoms with Crippen molar-refractivity contribution in [3.05, 3.63) is 35.4 Å². The molecule has 4 nitrogen and oxygen atoms in total. The van der Waals surface area contributed by atoms with Crippen molar-refractivity contribution in [2.24, 2.45) is 4.99 Å². The molecular weight excluding hydrogens is 250 g/mol. The fourth-order valence-electron chi connectivity index (χ4n) is 2.45. The average molecular weight is 275 g/mol. The first-order valence-corrected chi connectivity index (χ1v) is 7.35. The molecule has 1 aromatic carbocycles. The Morgan fingerprint density at radius 1 is 1.40 bits per heavy atom. The van der Waals surface area contributed by atoms with E-state index in [0.717, 1.165) is 12.5 Å². The number of nitrogens with one attached hydrogen (secondary N) is 2. The van der Waals surface area contributed by atoms with Gasteiger partial charge < -0.3 is 15.4 Å². The van der Waals surface area contributed by atoms with Crippen molar-refractivity contribution in [3.63, 3.8) is 0 Å². The minimum atomic E-state index is 0.497. The van der Waals surface area contributed by atoms with E-state index < -0.39 is 0 Å². The normalized spacial score (nSPS) is 21.6. The molecule has 0 amide bonds. The van der Waals surface area contributed by atoms with E-state index in [0.29, 0.717) is 25.1 Å². The molecule has 20 heavy (non-hydrogen) atoms. The maximum atomic E-state index is 5.03. The Morgan fingerprint density at radius 2 is 2.20 bits per heavy atom. The lowest BCUT2D eigenvalue weighted by atomic mass is 10.0. The SMILES string of the molecule is CCNC(=NCCOC)NC1CC1c1ccccc1C. The van der Waals surface area contributed by atoms with Gasteiger partial charge in [-0.1, -0.05) is 24.3 Å². The molecule has 4 heteroatoms. The molecule has 110 valence electrons. The van der Waals surface area contributed by atoms with Gasteiger partial charge in [-0.25, -0.2) is 0 Å². The Kier molecular flexibility index (Phi) is 5.41. The fourth-order valence-corrected chi connectivity index (χ4v) is 2.45. The standard InChI is InChI=1S/C16H25N3O/c1-4-17-16(18-9-10-20-3)19-15-11-14(15)13-8-6-5-7-12(13)2/h5-8,14-15H,4,9-11H2,1-3H3,(H2,17,18,19).